The molecule has 9 heteroatoms. The van der Waals surface area contributed by atoms with Gasteiger partial charge in [-0.05, 0) is 55.6 Å². The molecule has 2 fully saturated rings. The number of rotatable bonds is 8. The summed E-state index contributed by atoms with van der Waals surface area (Å²) in [4.78, 5) is 29.4. The first kappa shape index (κ1) is 27.9. The third-order valence-corrected chi connectivity index (χ3v) is 8.59. The number of para-hydroxylation sites is 1. The molecule has 1 N–H and O–H groups in total. The van der Waals surface area contributed by atoms with Crippen molar-refractivity contribution < 1.29 is 9.53 Å². The van der Waals surface area contributed by atoms with Gasteiger partial charge in [-0.2, -0.15) is 0 Å². The van der Waals surface area contributed by atoms with E-state index in [1.807, 2.05) is 36.5 Å². The lowest BCUT2D eigenvalue weighted by Gasteiger charge is -2.43. The lowest BCUT2D eigenvalue weighted by atomic mass is 10.00. The Morgan fingerprint density at radius 1 is 1.07 bits per heavy atom. The highest BCUT2D eigenvalue weighted by Gasteiger charge is 2.28. The van der Waals surface area contributed by atoms with Crippen LogP contribution in [-0.2, 0) is 11.2 Å². The van der Waals surface area contributed by atoms with Gasteiger partial charge < -0.3 is 24.4 Å². The van der Waals surface area contributed by atoms with Crippen molar-refractivity contribution in [1.29, 1.82) is 0 Å². The van der Waals surface area contributed by atoms with Gasteiger partial charge in [-0.25, -0.2) is 9.97 Å². The molecule has 4 aromatic rings. The summed E-state index contributed by atoms with van der Waals surface area (Å²) >= 11 is 0. The molecule has 218 valence electrons. The van der Waals surface area contributed by atoms with E-state index in [2.05, 4.69) is 61.4 Å². The topological polar surface area (TPSA) is 78.8 Å². The Balaban J connectivity index is 1.25. The zero-order valence-electron chi connectivity index (χ0n) is 24.5. The molecule has 2 saturated heterocycles. The monoisotopic (exact) mass is 565 g/mol. The second kappa shape index (κ2) is 12.3. The maximum Gasteiger partial charge on any atom is 0.247 e. The van der Waals surface area contributed by atoms with E-state index in [0.717, 1.165) is 91.5 Å². The minimum atomic E-state index is -0.238. The number of nitrogens with zero attached hydrogens (tertiary/aromatic N) is 6. The zero-order chi connectivity index (χ0) is 29.1. The summed E-state index contributed by atoms with van der Waals surface area (Å²) in [6.45, 7) is 10.0. The molecule has 9 nitrogen and oxygen atoms in total. The summed E-state index contributed by atoms with van der Waals surface area (Å²) < 4.78 is 7.96. The Morgan fingerprint density at radius 3 is 2.62 bits per heavy atom. The van der Waals surface area contributed by atoms with Crippen LogP contribution in [0, 0.1) is 0 Å². The van der Waals surface area contributed by atoms with Gasteiger partial charge in [0.25, 0.3) is 0 Å². The van der Waals surface area contributed by atoms with Gasteiger partial charge in [0.15, 0.2) is 0 Å². The van der Waals surface area contributed by atoms with Crippen molar-refractivity contribution >= 4 is 28.2 Å². The van der Waals surface area contributed by atoms with Crippen LogP contribution < -0.4 is 15.0 Å². The van der Waals surface area contributed by atoms with Crippen LogP contribution in [-0.4, -0.2) is 89.7 Å². The average Bonchev–Trinajstić information content (AvgIpc) is 3.46. The summed E-state index contributed by atoms with van der Waals surface area (Å²) in [6.07, 6.45) is 7.77. The quantitative estimate of drug-likeness (QED) is 0.318. The van der Waals surface area contributed by atoms with E-state index in [1.165, 1.54) is 6.08 Å². The molecule has 2 aliphatic rings. The predicted molar refractivity (Wildman–Crippen MR) is 168 cm³/mol. The predicted octanol–water partition coefficient (Wildman–Crippen LogP) is 4.36. The number of piperazine rings is 1. The molecular weight excluding hydrogens is 526 g/mol. The number of methoxy groups -OCH3 is 1. The Morgan fingerprint density at radius 2 is 1.86 bits per heavy atom. The van der Waals surface area contributed by atoms with Crippen molar-refractivity contribution in [3.63, 3.8) is 0 Å². The molecule has 0 bridgehead atoms. The summed E-state index contributed by atoms with van der Waals surface area (Å²) in [5.41, 5.74) is 3.72. The molecule has 2 aliphatic heterocycles. The standard InChI is InChI=1S/C33H39N7O2/c1-4-33(41)35-27-21-25(22-31-34-13-9-32(36-31)40-16-10-24-7-5-6-8-28(24)40)30(42-3)23-29(27)39-14-11-26(12-15-39)38-19-17-37(2)18-20-38/h4-10,13,16,21,23,26H,1,11-12,14-15,17-20,22H2,2-3H3,(H,35,41). The number of fused-ring (bicyclic) bond motifs is 1. The number of amides is 1. The van der Waals surface area contributed by atoms with Crippen molar-refractivity contribution in [2.75, 3.05) is 63.6 Å². The molecule has 2 aromatic carbocycles. The Kier molecular flexibility index (Phi) is 8.21. The highest BCUT2D eigenvalue weighted by atomic mass is 16.5. The van der Waals surface area contributed by atoms with Gasteiger partial charge in [0.1, 0.15) is 17.4 Å². The SMILES string of the molecule is C=CC(=O)Nc1cc(Cc2nccc(-n3ccc4ccccc43)n2)c(OC)cc1N1CCC(N2CCN(C)CC2)CC1. The largest absolute Gasteiger partial charge is 0.496 e. The number of hydrogen-bond donors (Lipinski definition) is 1. The van der Waals surface area contributed by atoms with Gasteiger partial charge in [0, 0.05) is 75.8 Å². The number of carbonyl (C=O) groups excluding carboxylic acids is 1. The van der Waals surface area contributed by atoms with Gasteiger partial charge in [0.05, 0.1) is 24.0 Å². The second-order valence-corrected chi connectivity index (χ2v) is 11.2. The number of aromatic nitrogens is 3. The maximum atomic E-state index is 12.5. The Labute approximate surface area is 247 Å². The van der Waals surface area contributed by atoms with Crippen LogP contribution >= 0.6 is 0 Å². The average molecular weight is 566 g/mol. The number of carbonyl (C=O) groups is 1. The van der Waals surface area contributed by atoms with Crippen molar-refractivity contribution in [2.45, 2.75) is 25.3 Å². The van der Waals surface area contributed by atoms with Crippen molar-refractivity contribution in [1.82, 2.24) is 24.3 Å². The number of likely N-dealkylation sites (N-methyl/N-ethyl adjacent to an activating group) is 1. The highest BCUT2D eigenvalue weighted by Crippen LogP contribution is 2.37. The van der Waals surface area contributed by atoms with Gasteiger partial charge in [-0.15, -0.1) is 0 Å². The first-order valence-electron chi connectivity index (χ1n) is 14.7. The van der Waals surface area contributed by atoms with Crippen LogP contribution in [0.5, 0.6) is 5.75 Å². The molecule has 0 radical (unpaired) electrons. The fourth-order valence-corrected chi connectivity index (χ4v) is 6.21. The van der Waals surface area contributed by atoms with Crippen LogP contribution in [0.15, 0.2) is 73.6 Å². The van der Waals surface area contributed by atoms with Crippen molar-refractivity contribution in [3.8, 4) is 11.6 Å². The molecule has 1 amide bonds. The highest BCUT2D eigenvalue weighted by molar-refractivity contribution is 6.01. The lowest BCUT2D eigenvalue weighted by molar-refractivity contribution is -0.111. The number of nitrogens with one attached hydrogen (secondary N) is 1. The van der Waals surface area contributed by atoms with E-state index in [1.54, 1.807) is 13.3 Å². The van der Waals surface area contributed by atoms with Crippen molar-refractivity contribution in [3.05, 3.63) is 85.0 Å². The van der Waals surface area contributed by atoms with Crippen LogP contribution in [0.4, 0.5) is 11.4 Å². The van der Waals surface area contributed by atoms with E-state index in [9.17, 15) is 4.79 Å². The fourth-order valence-electron chi connectivity index (χ4n) is 6.21. The smallest absolute Gasteiger partial charge is 0.247 e. The molecule has 0 atom stereocenters. The first-order chi connectivity index (χ1) is 20.5. The van der Waals surface area contributed by atoms with Gasteiger partial charge in [0.2, 0.25) is 5.91 Å². The van der Waals surface area contributed by atoms with E-state index >= 15 is 0 Å². The molecule has 4 heterocycles. The summed E-state index contributed by atoms with van der Waals surface area (Å²) in [5, 5.41) is 4.21. The van der Waals surface area contributed by atoms with Gasteiger partial charge in [-0.1, -0.05) is 24.8 Å². The molecule has 0 spiro atoms. The van der Waals surface area contributed by atoms with E-state index in [-0.39, 0.29) is 5.91 Å². The zero-order valence-corrected chi connectivity index (χ0v) is 24.5. The van der Waals surface area contributed by atoms with Gasteiger partial charge in [-0.3, -0.25) is 9.69 Å². The van der Waals surface area contributed by atoms with E-state index < -0.39 is 0 Å². The fraction of sp³-hybridized carbons (Fsp3) is 0.364. The normalized spacial score (nSPS) is 17.0. The summed E-state index contributed by atoms with van der Waals surface area (Å²) in [7, 11) is 3.89. The second-order valence-electron chi connectivity index (χ2n) is 11.2. The molecule has 0 unspecified atom stereocenters. The molecule has 42 heavy (non-hydrogen) atoms. The number of benzene rings is 2. The molecule has 0 saturated carbocycles. The van der Waals surface area contributed by atoms with Crippen LogP contribution in [0.25, 0.3) is 16.7 Å². The number of anilines is 2. The summed E-state index contributed by atoms with van der Waals surface area (Å²) in [5.74, 6) is 1.99. The molecular formula is C33H39N7O2. The molecule has 2 aromatic heterocycles. The van der Waals surface area contributed by atoms with Crippen LogP contribution in [0.2, 0.25) is 0 Å². The van der Waals surface area contributed by atoms with Gasteiger partial charge >= 0.3 is 0 Å². The first-order valence-corrected chi connectivity index (χ1v) is 14.7. The molecule has 6 rings (SSSR count). The summed E-state index contributed by atoms with van der Waals surface area (Å²) in [6, 6.07) is 16.9. The Hall–Kier alpha value is -4.21. The number of ether oxygens (including phenoxy) is 1. The molecule has 0 aliphatic carbocycles. The minimum absolute atomic E-state index is 0.238. The third-order valence-electron chi connectivity index (χ3n) is 8.59. The Bertz CT molecular complexity index is 1570. The van der Waals surface area contributed by atoms with E-state index in [0.29, 0.717) is 18.3 Å². The van der Waals surface area contributed by atoms with Crippen LogP contribution in [0.1, 0.15) is 24.2 Å². The number of piperidine rings is 1. The maximum absolute atomic E-state index is 12.5. The van der Waals surface area contributed by atoms with E-state index in [4.69, 9.17) is 9.72 Å². The lowest BCUT2D eigenvalue weighted by Crippen LogP contribution is -2.52. The van der Waals surface area contributed by atoms with Crippen molar-refractivity contribution in [2.24, 2.45) is 0 Å². The van der Waals surface area contributed by atoms with Crippen LogP contribution in [0.3, 0.4) is 0 Å². The number of hydrogen-bond acceptors (Lipinski definition) is 7. The minimum Gasteiger partial charge on any atom is -0.496 e. The third kappa shape index (κ3) is 5.89.